The zero-order valence-electron chi connectivity index (χ0n) is 42.2. The smallest absolute Gasteiger partial charge is 0.268 e. The highest BCUT2D eigenvalue weighted by Gasteiger charge is 2.23. The molecule has 64 heavy (non-hydrogen) atoms. The first-order chi connectivity index (χ1) is 31.0. The second kappa shape index (κ2) is 46.1. The van der Waals surface area contributed by atoms with Gasteiger partial charge in [-0.25, -0.2) is 0 Å². The number of nitrogens with zero attached hydrogens (tertiary/aromatic N) is 1. The molecule has 9 heteroatoms. The second-order valence-corrected chi connectivity index (χ2v) is 20.3. The van der Waals surface area contributed by atoms with E-state index in [1.807, 2.05) is 27.2 Å². The van der Waals surface area contributed by atoms with Crippen molar-refractivity contribution in [3.05, 3.63) is 72.9 Å². The van der Waals surface area contributed by atoms with Crippen LogP contribution in [0.4, 0.5) is 0 Å². The molecular formula is C55H101N2O6P. The molecule has 372 valence electrons. The number of amides is 1. The van der Waals surface area contributed by atoms with Crippen LogP contribution in [0.15, 0.2) is 72.9 Å². The number of aliphatic hydroxyl groups excluding tert-OH is 1. The number of nitrogens with one attached hydrogen (secondary N) is 1. The van der Waals surface area contributed by atoms with Gasteiger partial charge >= 0.3 is 0 Å². The molecule has 0 rings (SSSR count). The van der Waals surface area contributed by atoms with Gasteiger partial charge in [-0.2, -0.15) is 0 Å². The first kappa shape index (κ1) is 61.9. The van der Waals surface area contributed by atoms with Crippen LogP contribution in [0.1, 0.15) is 219 Å². The maximum absolute atomic E-state index is 12.9. The zero-order valence-corrected chi connectivity index (χ0v) is 43.1. The number of unbranched alkanes of at least 4 members (excludes halogenated alkanes) is 24. The molecule has 0 fully saturated rings. The van der Waals surface area contributed by atoms with Crippen LogP contribution in [0.5, 0.6) is 0 Å². The quantitative estimate of drug-likeness (QED) is 0.0272. The number of phosphoric ester groups is 1. The molecule has 8 nitrogen and oxygen atoms in total. The lowest BCUT2D eigenvalue weighted by Gasteiger charge is -2.29. The van der Waals surface area contributed by atoms with Crippen molar-refractivity contribution in [3.63, 3.8) is 0 Å². The summed E-state index contributed by atoms with van der Waals surface area (Å²) in [5, 5.41) is 13.8. The van der Waals surface area contributed by atoms with E-state index in [-0.39, 0.29) is 19.1 Å². The molecule has 0 spiro atoms. The molecular weight excluding hydrogens is 816 g/mol. The summed E-state index contributed by atoms with van der Waals surface area (Å²) in [7, 11) is 1.25. The molecule has 3 atom stereocenters. The number of rotatable bonds is 47. The third kappa shape index (κ3) is 47.9. The summed E-state index contributed by atoms with van der Waals surface area (Å²) < 4.78 is 23.3. The van der Waals surface area contributed by atoms with Crippen LogP contribution in [0, 0.1) is 0 Å². The largest absolute Gasteiger partial charge is 0.756 e. The number of quaternary nitrogens is 1. The number of carbonyl (C=O) groups is 1. The lowest BCUT2D eigenvalue weighted by atomic mass is 10.0. The first-order valence-corrected chi connectivity index (χ1v) is 27.8. The molecule has 0 saturated heterocycles. The molecule has 0 aromatic heterocycles. The number of hydrogen-bond acceptors (Lipinski definition) is 6. The molecule has 0 aromatic carbocycles. The molecule has 0 saturated carbocycles. The van der Waals surface area contributed by atoms with E-state index in [1.54, 1.807) is 6.08 Å². The van der Waals surface area contributed by atoms with Crippen molar-refractivity contribution in [2.24, 2.45) is 0 Å². The van der Waals surface area contributed by atoms with Crippen molar-refractivity contribution in [2.45, 2.75) is 231 Å². The Morgan fingerprint density at radius 2 is 0.953 bits per heavy atom. The minimum absolute atomic E-state index is 0.00334. The van der Waals surface area contributed by atoms with Crippen LogP contribution in [0.2, 0.25) is 0 Å². The van der Waals surface area contributed by atoms with Crippen LogP contribution in [-0.2, 0) is 18.4 Å². The highest BCUT2D eigenvalue weighted by Crippen LogP contribution is 2.38. The Hall–Kier alpha value is -2.06. The van der Waals surface area contributed by atoms with Crippen molar-refractivity contribution in [3.8, 4) is 0 Å². The highest BCUT2D eigenvalue weighted by atomic mass is 31.2. The monoisotopic (exact) mass is 917 g/mol. The van der Waals surface area contributed by atoms with Crippen molar-refractivity contribution in [1.82, 2.24) is 5.32 Å². The Balaban J connectivity index is 4.16. The number of carbonyl (C=O) groups excluding carboxylic acids is 1. The van der Waals surface area contributed by atoms with Gasteiger partial charge in [0.25, 0.3) is 7.82 Å². The number of phosphoric acid groups is 1. The number of likely N-dealkylation sites (N-methyl/N-ethyl adjacent to an activating group) is 1. The van der Waals surface area contributed by atoms with Crippen LogP contribution in [0.25, 0.3) is 0 Å². The Bertz CT molecular complexity index is 1270. The molecule has 0 aliphatic heterocycles. The summed E-state index contributed by atoms with van der Waals surface area (Å²) in [5.74, 6) is -0.202. The highest BCUT2D eigenvalue weighted by molar-refractivity contribution is 7.45. The molecule has 0 heterocycles. The van der Waals surface area contributed by atoms with Gasteiger partial charge in [-0.3, -0.25) is 9.36 Å². The summed E-state index contributed by atoms with van der Waals surface area (Å²) in [4.78, 5) is 25.4. The fourth-order valence-corrected chi connectivity index (χ4v) is 8.02. The minimum Gasteiger partial charge on any atom is -0.756 e. The van der Waals surface area contributed by atoms with E-state index < -0.39 is 20.0 Å². The van der Waals surface area contributed by atoms with Gasteiger partial charge in [0.15, 0.2) is 0 Å². The lowest BCUT2D eigenvalue weighted by Crippen LogP contribution is -2.45. The predicted octanol–water partition coefficient (Wildman–Crippen LogP) is 14.9. The van der Waals surface area contributed by atoms with E-state index in [1.165, 1.54) is 128 Å². The topological polar surface area (TPSA) is 108 Å². The van der Waals surface area contributed by atoms with Gasteiger partial charge in [0.2, 0.25) is 5.91 Å². The molecule has 0 bridgehead atoms. The summed E-state index contributed by atoms with van der Waals surface area (Å²) in [6.45, 7) is 4.53. The van der Waals surface area contributed by atoms with Crippen molar-refractivity contribution >= 4 is 13.7 Å². The third-order valence-electron chi connectivity index (χ3n) is 11.4. The molecule has 0 aliphatic carbocycles. The molecule has 2 N–H and O–H groups in total. The van der Waals surface area contributed by atoms with E-state index >= 15 is 0 Å². The maximum Gasteiger partial charge on any atom is 0.268 e. The lowest BCUT2D eigenvalue weighted by molar-refractivity contribution is -0.870. The Morgan fingerprint density at radius 3 is 1.39 bits per heavy atom. The van der Waals surface area contributed by atoms with Crippen LogP contribution >= 0.6 is 7.82 Å². The predicted molar refractivity (Wildman–Crippen MR) is 274 cm³/mol. The minimum atomic E-state index is -4.59. The van der Waals surface area contributed by atoms with Gasteiger partial charge in [-0.05, 0) is 64.2 Å². The zero-order chi connectivity index (χ0) is 47.1. The van der Waals surface area contributed by atoms with Gasteiger partial charge in [-0.1, -0.05) is 222 Å². The van der Waals surface area contributed by atoms with Crippen LogP contribution in [0.3, 0.4) is 0 Å². The van der Waals surface area contributed by atoms with E-state index in [0.29, 0.717) is 17.4 Å². The van der Waals surface area contributed by atoms with Crippen molar-refractivity contribution in [2.75, 3.05) is 40.9 Å². The van der Waals surface area contributed by atoms with Gasteiger partial charge in [0, 0.05) is 6.42 Å². The Labute approximate surface area is 395 Å². The Morgan fingerprint density at radius 1 is 0.562 bits per heavy atom. The van der Waals surface area contributed by atoms with Gasteiger partial charge < -0.3 is 28.8 Å². The standard InChI is InChI=1S/C55H101N2O6P/c1-6-8-10-12-14-16-18-20-21-22-23-24-25-26-27-28-29-30-31-32-33-34-35-37-39-41-43-45-47-49-55(59)56-53(52-63-64(60,61)62-51-50-57(3,4)5)54(58)48-46-44-42-40-38-36-19-17-15-13-11-9-7-2/h8,10,14,16,20-21,23-24,26-27,46,48,53-54,58H,6-7,9,11-13,15,17-19,22,25,28-45,47,49-52H2,1-5H3,(H-,56,59,60,61)/b10-8-,16-14-,21-20-,24-23-,27-26-,48-46+. The summed E-state index contributed by atoms with van der Waals surface area (Å²) >= 11 is 0. The van der Waals surface area contributed by atoms with Crippen molar-refractivity contribution in [1.29, 1.82) is 0 Å². The van der Waals surface area contributed by atoms with E-state index in [2.05, 4.69) is 79.9 Å². The maximum atomic E-state index is 12.9. The molecule has 3 unspecified atom stereocenters. The SMILES string of the molecule is CC/C=C\C/C=C\C/C=C\C/C=C\C/C=C\CCCCCCCCCCCCCCCC(=O)NC(COP(=O)([O-])OCC[N+](C)(C)C)C(O)/C=C/CCCCCCCCCCCCC. The summed E-state index contributed by atoms with van der Waals surface area (Å²) in [5.41, 5.74) is 0. The molecule has 0 aromatic rings. The number of hydrogen-bond donors (Lipinski definition) is 2. The van der Waals surface area contributed by atoms with Gasteiger partial charge in [0.1, 0.15) is 13.2 Å². The summed E-state index contributed by atoms with van der Waals surface area (Å²) in [6.07, 6.45) is 62.5. The van der Waals surface area contributed by atoms with E-state index in [0.717, 1.165) is 70.6 Å². The average molecular weight is 917 g/mol. The fourth-order valence-electron chi connectivity index (χ4n) is 7.30. The van der Waals surface area contributed by atoms with E-state index in [4.69, 9.17) is 9.05 Å². The second-order valence-electron chi connectivity index (χ2n) is 18.9. The third-order valence-corrected chi connectivity index (χ3v) is 12.4. The first-order valence-electron chi connectivity index (χ1n) is 26.3. The van der Waals surface area contributed by atoms with Crippen molar-refractivity contribution < 1.29 is 32.9 Å². The van der Waals surface area contributed by atoms with Crippen LogP contribution < -0.4 is 10.2 Å². The molecule has 1 amide bonds. The number of aliphatic hydroxyl groups is 1. The van der Waals surface area contributed by atoms with Crippen LogP contribution in [-0.4, -0.2) is 68.5 Å². The summed E-state index contributed by atoms with van der Waals surface area (Å²) in [6, 6.07) is -0.889. The number of allylic oxidation sites excluding steroid dienone is 11. The average Bonchev–Trinajstić information content (AvgIpc) is 3.25. The fraction of sp³-hybridized carbons (Fsp3) is 0.764. The molecule has 0 radical (unpaired) electrons. The normalized spacial score (nSPS) is 14.7. The Kier molecular flexibility index (Phi) is 44.6. The molecule has 0 aliphatic rings. The van der Waals surface area contributed by atoms with Gasteiger partial charge in [-0.15, -0.1) is 0 Å². The van der Waals surface area contributed by atoms with E-state index in [9.17, 15) is 19.4 Å². The van der Waals surface area contributed by atoms with Gasteiger partial charge in [0.05, 0.1) is 39.9 Å².